The van der Waals surface area contributed by atoms with Crippen LogP contribution in [0.15, 0.2) is 29.2 Å². The lowest BCUT2D eigenvalue weighted by Gasteiger charge is -2.18. The van der Waals surface area contributed by atoms with Gasteiger partial charge in [-0.15, -0.1) is 0 Å². The van der Waals surface area contributed by atoms with Crippen molar-refractivity contribution in [3.05, 3.63) is 29.8 Å². The normalized spacial score (nSPS) is 12.0. The largest absolute Gasteiger partial charge is 0.316 e. The molecule has 0 aromatic heterocycles. The average molecular weight is 299 g/mol. The minimum atomic E-state index is -3.44. The molecule has 0 fully saturated rings. The maximum atomic E-state index is 12.3. The van der Waals surface area contributed by atoms with E-state index in [1.165, 1.54) is 0 Å². The Balaban J connectivity index is 2.74. The Kier molecular flexibility index (Phi) is 7.15. The summed E-state index contributed by atoms with van der Waals surface area (Å²) in [7, 11) is -1.64. The van der Waals surface area contributed by atoms with Gasteiger partial charge < -0.3 is 10.2 Å². The summed E-state index contributed by atoms with van der Waals surface area (Å²) in [6.45, 7) is 7.68. The van der Waals surface area contributed by atoms with Gasteiger partial charge in [0, 0.05) is 19.6 Å². The van der Waals surface area contributed by atoms with Gasteiger partial charge in [0.1, 0.15) is 0 Å². The third-order valence-electron chi connectivity index (χ3n) is 3.24. The first-order valence-corrected chi connectivity index (χ1v) is 8.48. The molecule has 0 heterocycles. The average Bonchev–Trinajstić information content (AvgIpc) is 2.44. The van der Waals surface area contributed by atoms with Crippen molar-refractivity contribution in [2.45, 2.75) is 25.3 Å². The summed E-state index contributed by atoms with van der Waals surface area (Å²) in [5.74, 6) is 0. The molecule has 114 valence electrons. The summed E-state index contributed by atoms with van der Waals surface area (Å²) in [6.07, 6.45) is 0. The highest BCUT2D eigenvalue weighted by Crippen LogP contribution is 2.14. The number of hydrogen-bond donors (Lipinski definition) is 2. The van der Waals surface area contributed by atoms with Crippen LogP contribution in [0.3, 0.4) is 0 Å². The second-order valence-corrected chi connectivity index (χ2v) is 6.30. The Morgan fingerprint density at radius 3 is 2.40 bits per heavy atom. The van der Waals surface area contributed by atoms with Gasteiger partial charge in [0.2, 0.25) is 10.0 Å². The molecule has 0 saturated carbocycles. The summed E-state index contributed by atoms with van der Waals surface area (Å²) in [5, 5.41) is 2.99. The first-order chi connectivity index (χ1) is 9.55. The van der Waals surface area contributed by atoms with Gasteiger partial charge in [-0.2, -0.15) is 0 Å². The molecule has 0 saturated heterocycles. The van der Waals surface area contributed by atoms with Crippen molar-refractivity contribution in [2.24, 2.45) is 0 Å². The minimum Gasteiger partial charge on any atom is -0.316 e. The molecule has 0 aliphatic rings. The molecule has 5 nitrogen and oxygen atoms in total. The molecule has 1 aromatic rings. The summed E-state index contributed by atoms with van der Waals surface area (Å²) >= 11 is 0. The molecule has 0 unspecified atom stereocenters. The van der Waals surface area contributed by atoms with Crippen LogP contribution in [0.4, 0.5) is 0 Å². The van der Waals surface area contributed by atoms with Crippen LogP contribution in [0, 0.1) is 0 Å². The first-order valence-electron chi connectivity index (χ1n) is 6.99. The summed E-state index contributed by atoms with van der Waals surface area (Å²) in [5.41, 5.74) is 0.783. The van der Waals surface area contributed by atoms with Crippen LogP contribution in [0.1, 0.15) is 19.4 Å². The lowest BCUT2D eigenvalue weighted by atomic mass is 10.2. The molecule has 0 spiro atoms. The Morgan fingerprint density at radius 2 is 1.80 bits per heavy atom. The molecule has 0 atom stereocenters. The van der Waals surface area contributed by atoms with Crippen LogP contribution in [-0.4, -0.2) is 46.5 Å². The molecule has 1 rings (SSSR count). The van der Waals surface area contributed by atoms with E-state index in [1.54, 1.807) is 19.2 Å². The van der Waals surface area contributed by atoms with Crippen molar-refractivity contribution in [2.75, 3.05) is 33.2 Å². The van der Waals surface area contributed by atoms with Crippen LogP contribution in [0.25, 0.3) is 0 Å². The molecular weight excluding hydrogens is 274 g/mol. The summed E-state index contributed by atoms with van der Waals surface area (Å²) in [4.78, 5) is 2.54. The van der Waals surface area contributed by atoms with E-state index in [2.05, 4.69) is 28.8 Å². The first kappa shape index (κ1) is 17.1. The number of rotatable bonds is 9. The monoisotopic (exact) mass is 299 g/mol. The fourth-order valence-corrected chi connectivity index (χ4v) is 3.32. The van der Waals surface area contributed by atoms with Crippen LogP contribution >= 0.6 is 0 Å². The smallest absolute Gasteiger partial charge is 0.240 e. The molecule has 0 bridgehead atoms. The highest BCUT2D eigenvalue weighted by molar-refractivity contribution is 7.89. The van der Waals surface area contributed by atoms with Crippen molar-refractivity contribution in [1.29, 1.82) is 0 Å². The second kappa shape index (κ2) is 8.36. The fourth-order valence-electron chi connectivity index (χ4n) is 2.06. The molecular formula is C14H25N3O2S. The Bertz CT molecular complexity index is 499. The molecule has 1 aromatic carbocycles. The second-order valence-electron chi connectivity index (χ2n) is 4.56. The highest BCUT2D eigenvalue weighted by Gasteiger charge is 2.17. The fraction of sp³-hybridized carbons (Fsp3) is 0.571. The zero-order chi connectivity index (χ0) is 15.0. The zero-order valence-electron chi connectivity index (χ0n) is 12.5. The van der Waals surface area contributed by atoms with E-state index in [0.717, 1.165) is 25.2 Å². The van der Waals surface area contributed by atoms with E-state index in [0.29, 0.717) is 18.0 Å². The molecule has 2 N–H and O–H groups in total. The molecule has 0 aliphatic heterocycles. The van der Waals surface area contributed by atoms with Crippen LogP contribution in [-0.2, 0) is 16.6 Å². The van der Waals surface area contributed by atoms with Crippen molar-refractivity contribution in [3.63, 3.8) is 0 Å². The number of hydrogen-bond acceptors (Lipinski definition) is 4. The van der Waals surface area contributed by atoms with Crippen LogP contribution in [0.2, 0.25) is 0 Å². The van der Waals surface area contributed by atoms with Gasteiger partial charge in [-0.05, 0) is 31.8 Å². The van der Waals surface area contributed by atoms with Crippen LogP contribution in [0.5, 0.6) is 0 Å². The summed E-state index contributed by atoms with van der Waals surface area (Å²) in [6, 6.07) is 7.07. The van der Waals surface area contributed by atoms with E-state index in [1.807, 2.05) is 12.1 Å². The topological polar surface area (TPSA) is 61.4 Å². The summed E-state index contributed by atoms with van der Waals surface area (Å²) < 4.78 is 27.3. The van der Waals surface area contributed by atoms with Crippen molar-refractivity contribution in [1.82, 2.24) is 14.9 Å². The van der Waals surface area contributed by atoms with Crippen molar-refractivity contribution < 1.29 is 8.42 Å². The van der Waals surface area contributed by atoms with E-state index in [4.69, 9.17) is 0 Å². The van der Waals surface area contributed by atoms with Gasteiger partial charge in [0.05, 0.1) is 4.90 Å². The minimum absolute atomic E-state index is 0.355. The molecule has 0 aliphatic carbocycles. The highest BCUT2D eigenvalue weighted by atomic mass is 32.2. The quantitative estimate of drug-likeness (QED) is 0.715. The van der Waals surface area contributed by atoms with Gasteiger partial charge in [-0.25, -0.2) is 13.1 Å². The Morgan fingerprint density at radius 1 is 1.15 bits per heavy atom. The Labute approximate surface area is 122 Å². The van der Waals surface area contributed by atoms with Crippen molar-refractivity contribution in [3.8, 4) is 0 Å². The zero-order valence-corrected chi connectivity index (χ0v) is 13.3. The van der Waals surface area contributed by atoms with E-state index >= 15 is 0 Å². The predicted molar refractivity (Wildman–Crippen MR) is 82.2 cm³/mol. The lowest BCUT2D eigenvalue weighted by Crippen LogP contribution is -2.35. The van der Waals surface area contributed by atoms with Crippen molar-refractivity contribution >= 4 is 10.0 Å². The molecule has 20 heavy (non-hydrogen) atoms. The third-order valence-corrected chi connectivity index (χ3v) is 4.81. The molecule has 0 amide bonds. The predicted octanol–water partition coefficient (Wildman–Crippen LogP) is 1.03. The van der Waals surface area contributed by atoms with E-state index in [-0.39, 0.29) is 0 Å². The standard InChI is InChI=1S/C14H25N3O2S/c1-4-17(5-2)11-10-16-20(18,19)14-9-7-6-8-13(14)12-15-3/h6-9,15-16H,4-5,10-12H2,1-3H3. The van der Waals surface area contributed by atoms with Gasteiger partial charge >= 0.3 is 0 Å². The maximum absolute atomic E-state index is 12.3. The van der Waals surface area contributed by atoms with Gasteiger partial charge in [0.15, 0.2) is 0 Å². The van der Waals surface area contributed by atoms with E-state index in [9.17, 15) is 8.42 Å². The molecule has 6 heteroatoms. The lowest BCUT2D eigenvalue weighted by molar-refractivity contribution is 0.309. The Hall–Kier alpha value is -0.950. The molecule has 0 radical (unpaired) electrons. The number of sulfonamides is 1. The number of nitrogens with zero attached hydrogens (tertiary/aromatic N) is 1. The number of nitrogens with one attached hydrogen (secondary N) is 2. The number of likely N-dealkylation sites (N-methyl/N-ethyl adjacent to an activating group) is 1. The van der Waals surface area contributed by atoms with Gasteiger partial charge in [0.25, 0.3) is 0 Å². The van der Waals surface area contributed by atoms with Crippen LogP contribution < -0.4 is 10.0 Å². The van der Waals surface area contributed by atoms with Gasteiger partial charge in [-0.3, -0.25) is 0 Å². The van der Waals surface area contributed by atoms with E-state index < -0.39 is 10.0 Å². The SMILES string of the molecule is CCN(CC)CCNS(=O)(=O)c1ccccc1CNC. The third kappa shape index (κ3) is 4.86. The van der Waals surface area contributed by atoms with Gasteiger partial charge in [-0.1, -0.05) is 32.0 Å². The number of benzene rings is 1. The maximum Gasteiger partial charge on any atom is 0.240 e.